The molecule has 1 aliphatic rings. The van der Waals surface area contributed by atoms with Gasteiger partial charge in [0.1, 0.15) is 16.8 Å². The molecule has 1 aromatic carbocycles. The lowest BCUT2D eigenvalue weighted by Crippen LogP contribution is -2.42. The quantitative estimate of drug-likeness (QED) is 0.332. The highest BCUT2D eigenvalue weighted by atomic mass is 35.5. The average Bonchev–Trinajstić information content (AvgIpc) is 3.63. The molecule has 1 atom stereocenters. The van der Waals surface area contributed by atoms with E-state index in [1.165, 1.54) is 24.5 Å². The highest BCUT2D eigenvalue weighted by molar-refractivity contribution is 7.89. The number of nitrogens with one attached hydrogen (secondary N) is 1. The summed E-state index contributed by atoms with van der Waals surface area (Å²) in [5.41, 5.74) is 1.58. The number of benzene rings is 1. The van der Waals surface area contributed by atoms with Crippen molar-refractivity contribution in [3.8, 4) is 17.3 Å². The number of rotatable bonds is 6. The molecule has 0 aliphatic heterocycles. The highest BCUT2D eigenvalue weighted by Gasteiger charge is 2.39. The second kappa shape index (κ2) is 8.79. The van der Waals surface area contributed by atoms with Gasteiger partial charge in [0.25, 0.3) is 0 Å². The largest absolute Gasteiger partial charge is 0.404 e. The van der Waals surface area contributed by atoms with Crippen molar-refractivity contribution in [2.45, 2.75) is 42.8 Å². The number of nitrogens with zero attached hydrogens (tertiary/aromatic N) is 4. The molecule has 0 amide bonds. The predicted molar refractivity (Wildman–Crippen MR) is 125 cm³/mol. The molecule has 3 aromatic heterocycles. The summed E-state index contributed by atoms with van der Waals surface area (Å²) in [4.78, 5) is 12.3. The zero-order chi connectivity index (χ0) is 25.8. The smallest absolute Gasteiger partial charge is 0.275 e. The minimum Gasteiger partial charge on any atom is -0.275 e. The van der Waals surface area contributed by atoms with E-state index >= 15 is 0 Å². The first kappa shape index (κ1) is 24.6. The normalized spacial score (nSPS) is 15.4. The minimum absolute atomic E-state index is 0.117. The van der Waals surface area contributed by atoms with E-state index in [0.717, 1.165) is 25.1 Å². The SMILES string of the molecule is C[C@H](NS(=O)(=O)c1ccc(-c2c(Cl)c3cc(F)c(C4CC4)cc3n2-c2ncccn2)nc1)C(F)(F)F. The van der Waals surface area contributed by atoms with E-state index < -0.39 is 27.1 Å². The summed E-state index contributed by atoms with van der Waals surface area (Å²) in [5, 5.41) is 0.533. The van der Waals surface area contributed by atoms with Crippen LogP contribution in [0.15, 0.2) is 53.8 Å². The van der Waals surface area contributed by atoms with Crippen LogP contribution in [0.1, 0.15) is 31.2 Å². The maximum absolute atomic E-state index is 14.8. The maximum atomic E-state index is 14.8. The monoisotopic (exact) mass is 539 g/mol. The Kier molecular flexibility index (Phi) is 6.00. The Hall–Kier alpha value is -3.09. The van der Waals surface area contributed by atoms with Gasteiger partial charge in [0.2, 0.25) is 16.0 Å². The van der Waals surface area contributed by atoms with Crippen molar-refractivity contribution in [1.82, 2.24) is 24.2 Å². The zero-order valence-corrected chi connectivity index (χ0v) is 20.2. The lowest BCUT2D eigenvalue weighted by molar-refractivity contribution is -0.147. The van der Waals surface area contributed by atoms with E-state index in [4.69, 9.17) is 11.6 Å². The van der Waals surface area contributed by atoms with Gasteiger partial charge in [0.05, 0.1) is 21.9 Å². The van der Waals surface area contributed by atoms with Crippen LogP contribution >= 0.6 is 11.6 Å². The number of fused-ring (bicyclic) bond motifs is 1. The standard InChI is InChI=1S/C23H18ClF4N5O2S/c1-12(23(26,27)28)32-36(34,35)14-5-6-18(31-11-14)21-20(24)16-9-17(25)15(13-3-4-13)10-19(16)33(21)22-29-7-2-8-30-22/h2,5-13,32H,3-4H2,1H3/t12-/m0/s1. The summed E-state index contributed by atoms with van der Waals surface area (Å²) in [6, 6.07) is 4.81. The topological polar surface area (TPSA) is 89.8 Å². The lowest BCUT2D eigenvalue weighted by atomic mass is 10.1. The summed E-state index contributed by atoms with van der Waals surface area (Å²) >= 11 is 6.68. The summed E-state index contributed by atoms with van der Waals surface area (Å²) in [6.07, 6.45) is 0.982. The van der Waals surface area contributed by atoms with Crippen LogP contribution < -0.4 is 4.72 Å². The second-order valence-electron chi connectivity index (χ2n) is 8.48. The van der Waals surface area contributed by atoms with Gasteiger partial charge in [-0.25, -0.2) is 22.8 Å². The molecule has 7 nitrogen and oxygen atoms in total. The third-order valence-electron chi connectivity index (χ3n) is 5.91. The Morgan fingerprint density at radius 2 is 1.83 bits per heavy atom. The molecule has 188 valence electrons. The Morgan fingerprint density at radius 1 is 1.14 bits per heavy atom. The molecular formula is C23H18ClF4N5O2S. The molecule has 1 N–H and O–H groups in total. The van der Waals surface area contributed by atoms with Gasteiger partial charge in [-0.3, -0.25) is 9.55 Å². The number of sulfonamides is 1. The van der Waals surface area contributed by atoms with Crippen LogP contribution in [0.3, 0.4) is 0 Å². The number of aromatic nitrogens is 4. The number of hydrogen-bond donors (Lipinski definition) is 1. The van der Waals surface area contributed by atoms with Crippen LogP contribution in [0.5, 0.6) is 0 Å². The van der Waals surface area contributed by atoms with Crippen LogP contribution in [0.4, 0.5) is 17.6 Å². The van der Waals surface area contributed by atoms with Crippen LogP contribution in [-0.2, 0) is 10.0 Å². The van der Waals surface area contributed by atoms with Crippen molar-refractivity contribution in [2.75, 3.05) is 0 Å². The van der Waals surface area contributed by atoms with Crippen molar-refractivity contribution >= 4 is 32.5 Å². The summed E-state index contributed by atoms with van der Waals surface area (Å²) in [5.74, 6) is -0.0355. The maximum Gasteiger partial charge on any atom is 0.404 e. The first-order valence-corrected chi connectivity index (χ1v) is 12.7. The molecule has 1 saturated carbocycles. The van der Waals surface area contributed by atoms with E-state index in [2.05, 4.69) is 15.0 Å². The van der Waals surface area contributed by atoms with Gasteiger partial charge in [-0.05, 0) is 61.6 Å². The van der Waals surface area contributed by atoms with Crippen molar-refractivity contribution in [2.24, 2.45) is 0 Å². The molecule has 1 fully saturated rings. The molecule has 0 radical (unpaired) electrons. The zero-order valence-electron chi connectivity index (χ0n) is 18.6. The third-order valence-corrected chi connectivity index (χ3v) is 7.81. The molecule has 0 saturated heterocycles. The fourth-order valence-electron chi connectivity index (χ4n) is 3.88. The van der Waals surface area contributed by atoms with Gasteiger partial charge < -0.3 is 0 Å². The molecule has 0 unspecified atom stereocenters. The molecule has 4 aromatic rings. The fourth-order valence-corrected chi connectivity index (χ4v) is 5.39. The average molecular weight is 540 g/mol. The minimum atomic E-state index is -4.75. The van der Waals surface area contributed by atoms with E-state index in [0.29, 0.717) is 23.4 Å². The van der Waals surface area contributed by atoms with Crippen molar-refractivity contribution in [3.63, 3.8) is 0 Å². The van der Waals surface area contributed by atoms with Gasteiger partial charge in [-0.15, -0.1) is 0 Å². The summed E-state index contributed by atoms with van der Waals surface area (Å²) in [6.45, 7) is 0.701. The molecule has 36 heavy (non-hydrogen) atoms. The molecular weight excluding hydrogens is 522 g/mol. The Balaban J connectivity index is 1.64. The van der Waals surface area contributed by atoms with E-state index in [9.17, 15) is 26.0 Å². The Morgan fingerprint density at radius 3 is 2.42 bits per heavy atom. The highest BCUT2D eigenvalue weighted by Crippen LogP contribution is 2.45. The fraction of sp³-hybridized carbons (Fsp3) is 0.261. The van der Waals surface area contributed by atoms with Crippen LogP contribution in [0, 0.1) is 5.82 Å². The van der Waals surface area contributed by atoms with Crippen molar-refractivity contribution in [1.29, 1.82) is 0 Å². The van der Waals surface area contributed by atoms with Crippen molar-refractivity contribution < 1.29 is 26.0 Å². The summed E-state index contributed by atoms with van der Waals surface area (Å²) < 4.78 is 81.4. The first-order chi connectivity index (χ1) is 17.0. The first-order valence-electron chi connectivity index (χ1n) is 10.8. The van der Waals surface area contributed by atoms with E-state index in [-0.39, 0.29) is 34.1 Å². The number of hydrogen-bond acceptors (Lipinski definition) is 5. The molecule has 1 aliphatic carbocycles. The van der Waals surface area contributed by atoms with Crippen LogP contribution in [-0.4, -0.2) is 40.2 Å². The van der Waals surface area contributed by atoms with Gasteiger partial charge in [-0.2, -0.15) is 17.9 Å². The molecule has 0 spiro atoms. The summed E-state index contributed by atoms with van der Waals surface area (Å²) in [7, 11) is -4.50. The van der Waals surface area contributed by atoms with E-state index in [1.807, 2.05) is 0 Å². The second-order valence-corrected chi connectivity index (χ2v) is 10.6. The van der Waals surface area contributed by atoms with Crippen LogP contribution in [0.2, 0.25) is 5.02 Å². The van der Waals surface area contributed by atoms with Crippen molar-refractivity contribution in [3.05, 3.63) is 65.3 Å². The molecule has 3 heterocycles. The van der Waals surface area contributed by atoms with Gasteiger partial charge in [0.15, 0.2) is 0 Å². The van der Waals surface area contributed by atoms with Gasteiger partial charge in [-0.1, -0.05) is 11.6 Å². The molecule has 5 rings (SSSR count). The number of pyridine rings is 1. The number of halogens is 5. The Bertz CT molecular complexity index is 1550. The molecule has 13 heteroatoms. The van der Waals surface area contributed by atoms with Crippen LogP contribution in [0.25, 0.3) is 28.2 Å². The van der Waals surface area contributed by atoms with E-state index in [1.54, 1.807) is 21.4 Å². The lowest BCUT2D eigenvalue weighted by Gasteiger charge is -2.17. The predicted octanol–water partition coefficient (Wildman–Crippen LogP) is 5.38. The van der Waals surface area contributed by atoms with Gasteiger partial charge >= 0.3 is 6.18 Å². The Labute approximate surface area is 208 Å². The number of alkyl halides is 3. The third kappa shape index (κ3) is 4.44. The van der Waals surface area contributed by atoms with Gasteiger partial charge in [0, 0.05) is 24.0 Å². The molecule has 0 bridgehead atoms.